The zero-order chi connectivity index (χ0) is 13.8. The average Bonchev–Trinajstić information content (AvgIpc) is 2.69. The van der Waals surface area contributed by atoms with Crippen LogP contribution in [0.4, 0.5) is 0 Å². The van der Waals surface area contributed by atoms with Gasteiger partial charge in [0.15, 0.2) is 5.58 Å². The first-order valence-corrected chi connectivity index (χ1v) is 7.67. The van der Waals surface area contributed by atoms with Gasteiger partial charge in [-0.1, -0.05) is 23.4 Å². The third-order valence-corrected chi connectivity index (χ3v) is 4.52. The molecule has 1 heterocycles. The Morgan fingerprint density at radius 3 is 3.11 bits per heavy atom. The van der Waals surface area contributed by atoms with Gasteiger partial charge in [0.05, 0.1) is 11.4 Å². The minimum Gasteiger partial charge on any atom is -0.408 e. The summed E-state index contributed by atoms with van der Waals surface area (Å²) < 4.78 is 7.17. The van der Waals surface area contributed by atoms with Crippen molar-refractivity contribution in [3.05, 3.63) is 33.8 Å². The Hall–Kier alpha value is -1.36. The fourth-order valence-corrected chi connectivity index (χ4v) is 2.97. The van der Waals surface area contributed by atoms with Crippen molar-refractivity contribution >= 4 is 50.6 Å². The van der Waals surface area contributed by atoms with Crippen LogP contribution in [0.25, 0.3) is 11.1 Å². The number of aromatic nitrogens is 1. The van der Waals surface area contributed by atoms with E-state index in [0.717, 1.165) is 0 Å². The number of thioether (sulfide) groups is 2. The molecule has 2 rings (SSSR count). The molecule has 0 N–H and O–H groups in total. The zero-order valence-corrected chi connectivity index (χ0v) is 12.2. The highest BCUT2D eigenvalue weighted by molar-refractivity contribution is 8.38. The highest BCUT2D eigenvalue weighted by Crippen LogP contribution is 2.22. The zero-order valence-electron chi connectivity index (χ0n) is 9.79. The van der Waals surface area contributed by atoms with Gasteiger partial charge in [-0.25, -0.2) is 4.79 Å². The largest absolute Gasteiger partial charge is 0.420 e. The number of hydrogen-bond acceptors (Lipinski definition) is 6. The fraction of sp³-hybridized carbons (Fsp3) is 0.182. The summed E-state index contributed by atoms with van der Waals surface area (Å²) in [5.41, 5.74) is 1.11. The van der Waals surface area contributed by atoms with Crippen molar-refractivity contribution < 1.29 is 4.42 Å². The highest BCUT2D eigenvalue weighted by Gasteiger charge is 2.10. The number of nitrogens with zero attached hydrogens (tertiary/aromatic N) is 3. The molecule has 19 heavy (non-hydrogen) atoms. The van der Waals surface area contributed by atoms with Gasteiger partial charge in [0.2, 0.25) is 6.19 Å². The second-order valence-electron chi connectivity index (χ2n) is 3.36. The predicted molar refractivity (Wildman–Crippen MR) is 79.6 cm³/mol. The Bertz CT molecular complexity index is 730. The summed E-state index contributed by atoms with van der Waals surface area (Å²) in [5, 5.41) is 9.03. The number of halogens is 1. The lowest BCUT2D eigenvalue weighted by molar-refractivity contribution is 0.526. The summed E-state index contributed by atoms with van der Waals surface area (Å²) in [4.78, 5) is 15.4. The van der Waals surface area contributed by atoms with Crippen molar-refractivity contribution in [2.45, 2.75) is 5.88 Å². The molecule has 0 radical (unpaired) electrons. The van der Waals surface area contributed by atoms with E-state index < -0.39 is 5.76 Å². The van der Waals surface area contributed by atoms with Crippen LogP contribution in [0.5, 0.6) is 0 Å². The number of nitriles is 1. The van der Waals surface area contributed by atoms with Gasteiger partial charge in [-0.15, -0.1) is 11.8 Å². The Labute approximate surface area is 122 Å². The van der Waals surface area contributed by atoms with E-state index in [1.807, 2.05) is 6.26 Å². The predicted octanol–water partition coefficient (Wildman–Crippen LogP) is 3.14. The van der Waals surface area contributed by atoms with Crippen molar-refractivity contribution in [3.63, 3.8) is 0 Å². The highest BCUT2D eigenvalue weighted by atomic mass is 35.5. The van der Waals surface area contributed by atoms with Crippen LogP contribution in [0.15, 0.2) is 32.4 Å². The molecule has 0 aliphatic heterocycles. The van der Waals surface area contributed by atoms with Crippen molar-refractivity contribution in [2.24, 2.45) is 4.99 Å². The molecular formula is C11H8ClN3O2S2. The molecule has 0 saturated carbocycles. The maximum atomic E-state index is 11.7. The van der Waals surface area contributed by atoms with E-state index in [1.54, 1.807) is 24.4 Å². The summed E-state index contributed by atoms with van der Waals surface area (Å²) in [7, 11) is 0. The second-order valence-corrected chi connectivity index (χ2v) is 5.79. The topological polar surface area (TPSA) is 71.3 Å². The summed E-state index contributed by atoms with van der Waals surface area (Å²) in [5.74, 6) is -0.128. The molecule has 0 unspecified atom stereocenters. The van der Waals surface area contributed by atoms with Crippen molar-refractivity contribution in [3.8, 4) is 6.19 Å². The quantitative estimate of drug-likeness (QED) is 0.484. The fourth-order valence-electron chi connectivity index (χ4n) is 1.46. The first-order chi connectivity index (χ1) is 9.15. The van der Waals surface area contributed by atoms with Crippen LogP contribution < -0.4 is 5.76 Å². The normalized spacial score (nSPS) is 11.7. The lowest BCUT2D eigenvalue weighted by Gasteiger charge is -2.02. The second kappa shape index (κ2) is 6.19. The first-order valence-electron chi connectivity index (χ1n) is 5.08. The van der Waals surface area contributed by atoms with Gasteiger partial charge in [-0.2, -0.15) is 10.3 Å². The molecule has 0 bridgehead atoms. The molecule has 0 saturated heterocycles. The summed E-state index contributed by atoms with van der Waals surface area (Å²) in [6.45, 7) is 0. The Morgan fingerprint density at radius 2 is 2.42 bits per heavy atom. The Morgan fingerprint density at radius 1 is 1.63 bits per heavy atom. The first kappa shape index (κ1) is 14.1. The average molecular weight is 314 g/mol. The lowest BCUT2D eigenvalue weighted by Crippen LogP contribution is -2.13. The molecule has 0 aliphatic rings. The molecule has 0 amide bonds. The molecule has 8 heteroatoms. The van der Waals surface area contributed by atoms with Crippen molar-refractivity contribution in [1.82, 2.24) is 4.57 Å². The smallest absolute Gasteiger partial charge is 0.408 e. The monoisotopic (exact) mass is 313 g/mol. The van der Waals surface area contributed by atoms with E-state index in [0.29, 0.717) is 26.4 Å². The van der Waals surface area contributed by atoms with Crippen LogP contribution in [-0.2, 0) is 5.88 Å². The minimum absolute atomic E-state index is 0.328. The lowest BCUT2D eigenvalue weighted by atomic mass is 10.3. The van der Waals surface area contributed by atoms with Crippen molar-refractivity contribution in [1.29, 1.82) is 5.26 Å². The molecule has 98 valence electrons. The van der Waals surface area contributed by atoms with Crippen LogP contribution in [0.1, 0.15) is 0 Å². The number of hydrogen-bond donors (Lipinski definition) is 0. The van der Waals surface area contributed by atoms with E-state index in [4.69, 9.17) is 21.3 Å². The van der Waals surface area contributed by atoms with Crippen LogP contribution in [0.2, 0.25) is 5.02 Å². The molecule has 0 aliphatic carbocycles. The van der Waals surface area contributed by atoms with Gasteiger partial charge in [0, 0.05) is 11.1 Å². The van der Waals surface area contributed by atoms with Gasteiger partial charge < -0.3 is 4.42 Å². The molecular weight excluding hydrogens is 306 g/mol. The van der Waals surface area contributed by atoms with E-state index >= 15 is 0 Å². The van der Waals surface area contributed by atoms with Gasteiger partial charge >= 0.3 is 5.76 Å². The summed E-state index contributed by atoms with van der Waals surface area (Å²) >= 11 is 8.49. The molecule has 5 nitrogen and oxygen atoms in total. The Kier molecular flexibility index (Phi) is 4.58. The van der Waals surface area contributed by atoms with Gasteiger partial charge in [-0.05, 0) is 18.4 Å². The van der Waals surface area contributed by atoms with Crippen molar-refractivity contribution in [2.75, 3.05) is 6.26 Å². The van der Waals surface area contributed by atoms with Gasteiger partial charge in [0.25, 0.3) is 0 Å². The summed E-state index contributed by atoms with van der Waals surface area (Å²) in [6, 6.07) is 5.01. The van der Waals surface area contributed by atoms with E-state index in [1.165, 1.54) is 28.1 Å². The molecule has 0 atom stereocenters. The number of oxazole rings is 1. The molecule has 2 aromatic rings. The molecule has 0 spiro atoms. The van der Waals surface area contributed by atoms with E-state index in [-0.39, 0.29) is 0 Å². The maximum absolute atomic E-state index is 11.7. The number of benzene rings is 1. The summed E-state index contributed by atoms with van der Waals surface area (Å²) in [6.07, 6.45) is 3.54. The van der Waals surface area contributed by atoms with E-state index in [2.05, 4.69) is 4.99 Å². The number of aliphatic imine (C=N–C) groups is 1. The third kappa shape index (κ3) is 3.15. The van der Waals surface area contributed by atoms with Gasteiger partial charge in [0.1, 0.15) is 4.38 Å². The van der Waals surface area contributed by atoms with E-state index in [9.17, 15) is 4.79 Å². The minimum atomic E-state index is -0.456. The maximum Gasteiger partial charge on any atom is 0.420 e. The number of rotatable bonds is 2. The third-order valence-electron chi connectivity index (χ3n) is 2.26. The number of fused-ring (bicyclic) bond motifs is 1. The molecule has 0 fully saturated rings. The van der Waals surface area contributed by atoms with Crippen LogP contribution in [-0.4, -0.2) is 15.2 Å². The van der Waals surface area contributed by atoms with Crippen LogP contribution in [0.3, 0.4) is 0 Å². The van der Waals surface area contributed by atoms with Crippen LogP contribution >= 0.6 is 35.1 Å². The standard InChI is InChI=1S/C11H8ClN3O2S2/c1-18-10(14-5-13)19-6-15-8-3-2-7(12)4-9(8)17-11(15)16/h2-4H,6H2,1H3. The Balaban J connectivity index is 2.31. The molecule has 1 aromatic carbocycles. The van der Waals surface area contributed by atoms with Crippen LogP contribution in [0, 0.1) is 11.5 Å². The van der Waals surface area contributed by atoms with Gasteiger partial charge in [-0.3, -0.25) is 4.57 Å². The SMILES string of the molecule is CSC(=NC#N)SCn1c(=O)oc2cc(Cl)ccc21. The molecule has 1 aromatic heterocycles.